The molecule has 2 unspecified atom stereocenters. The van der Waals surface area contributed by atoms with E-state index in [9.17, 15) is 19.5 Å². The predicted octanol–water partition coefficient (Wildman–Crippen LogP) is 1.98. The summed E-state index contributed by atoms with van der Waals surface area (Å²) in [7, 11) is 1.06. The number of carboxylic acid groups (broad SMARTS) is 2. The third-order valence-electron chi connectivity index (χ3n) is 6.55. The first kappa shape index (κ1) is 38.1. The Balaban J connectivity index is 6.13. The maximum absolute atomic E-state index is 11.6. The van der Waals surface area contributed by atoms with Gasteiger partial charge < -0.3 is 38.5 Å². The number of carbonyl (C=O) groups excluding carboxylic acids is 2. The molecule has 13 nitrogen and oxygen atoms in total. The highest BCUT2D eigenvalue weighted by Gasteiger charge is 2.49. The normalized spacial score (nSPS) is 14.0. The number of hydrogen-bond acceptors (Lipinski definition) is 11. The Kier molecular flexibility index (Phi) is 18.3. The van der Waals surface area contributed by atoms with Crippen molar-refractivity contribution in [2.24, 2.45) is 5.41 Å². The van der Waals surface area contributed by atoms with Crippen molar-refractivity contribution < 1.29 is 57.3 Å². The van der Waals surface area contributed by atoms with Gasteiger partial charge in [0.05, 0.1) is 83.1 Å². The van der Waals surface area contributed by atoms with E-state index in [0.29, 0.717) is 0 Å². The molecule has 1 N–H and O–H groups in total. The van der Waals surface area contributed by atoms with Crippen LogP contribution in [0.5, 0.6) is 0 Å². The Hall–Kier alpha value is -1.91. The molecule has 0 saturated heterocycles. The lowest BCUT2D eigenvalue weighted by atomic mass is 9.75. The second-order valence-electron chi connectivity index (χ2n) is 10.4. The lowest BCUT2D eigenvalue weighted by Gasteiger charge is -2.47. The summed E-state index contributed by atoms with van der Waals surface area (Å²) in [5.41, 5.74) is -2.15. The molecule has 0 rings (SSSR count). The number of hydrogen-bond donors (Lipinski definition) is 1. The molecule has 0 spiro atoms. The molecule has 0 amide bonds. The number of carbonyl (C=O) groups is 3. The summed E-state index contributed by atoms with van der Waals surface area (Å²) in [5.74, 6) is -2.74. The number of aliphatic carboxylic acids is 2. The first-order valence-corrected chi connectivity index (χ1v) is 14.1. The van der Waals surface area contributed by atoms with Crippen LogP contribution in [-0.2, 0) is 42.7 Å². The number of esters is 1. The first-order chi connectivity index (χ1) is 18.7. The highest BCUT2D eigenvalue weighted by molar-refractivity contribution is 7.25. The molecule has 0 bridgehead atoms. The van der Waals surface area contributed by atoms with Gasteiger partial charge in [0.15, 0.2) is 0 Å². The van der Waals surface area contributed by atoms with Crippen LogP contribution in [0.15, 0.2) is 0 Å². The van der Waals surface area contributed by atoms with Gasteiger partial charge in [-0.15, -0.1) is 4.42 Å². The minimum absolute atomic E-state index is 0.00839. The minimum atomic E-state index is -1.27. The first-order valence-electron chi connectivity index (χ1n) is 13.3. The summed E-state index contributed by atoms with van der Waals surface area (Å²) in [6.45, 7) is 11.5. The molecule has 2 atom stereocenters. The second kappa shape index (κ2) is 19.3. The van der Waals surface area contributed by atoms with Crippen molar-refractivity contribution in [2.75, 3.05) is 53.4 Å². The molecule has 0 aromatic rings. The number of rotatable bonds is 24. The Morgan fingerprint density at radius 3 is 2.00 bits per heavy atom. The molecule has 0 aromatic carbocycles. The smallest absolute Gasteiger partial charge is 0.307 e. The molecular weight excluding hydrogens is 547 g/mol. The van der Waals surface area contributed by atoms with E-state index in [0.717, 1.165) is 0 Å². The fourth-order valence-corrected chi connectivity index (χ4v) is 4.89. The zero-order valence-electron chi connectivity index (χ0n) is 24.9. The molecule has 0 fully saturated rings. The van der Waals surface area contributed by atoms with Crippen LogP contribution in [0, 0.1) is 16.7 Å². The van der Waals surface area contributed by atoms with Gasteiger partial charge in [-0.1, -0.05) is 0 Å². The molecule has 0 aromatic heterocycles. The average molecular weight is 595 g/mol. The van der Waals surface area contributed by atoms with Crippen molar-refractivity contribution in [1.82, 2.24) is 0 Å². The highest BCUT2D eigenvalue weighted by atomic mass is 31.1. The van der Waals surface area contributed by atoms with Gasteiger partial charge in [-0.05, 0) is 41.5 Å². The van der Waals surface area contributed by atoms with Crippen molar-refractivity contribution in [2.45, 2.75) is 84.9 Å². The van der Waals surface area contributed by atoms with Gasteiger partial charge in [0, 0.05) is 12.4 Å². The third kappa shape index (κ3) is 13.2. The van der Waals surface area contributed by atoms with Crippen LogP contribution < -0.4 is 5.11 Å². The van der Waals surface area contributed by atoms with Crippen LogP contribution in [0.3, 0.4) is 0 Å². The lowest BCUT2D eigenvalue weighted by molar-refractivity contribution is -1.04. The summed E-state index contributed by atoms with van der Waals surface area (Å²) in [4.78, 5) is 39.9. The molecule has 0 saturated carbocycles. The summed E-state index contributed by atoms with van der Waals surface area (Å²) >= 11 is 0. The predicted molar refractivity (Wildman–Crippen MR) is 144 cm³/mol. The van der Waals surface area contributed by atoms with E-state index in [1.54, 1.807) is 13.8 Å². The maximum Gasteiger partial charge on any atom is 0.307 e. The van der Waals surface area contributed by atoms with Crippen LogP contribution in [0.1, 0.15) is 67.2 Å². The molecule has 0 radical (unpaired) electrons. The van der Waals surface area contributed by atoms with Gasteiger partial charge in [0.25, 0.3) is 8.96 Å². The molecule has 0 aliphatic rings. The number of ether oxygens (including phenoxy) is 4. The number of nitrogens with zero attached hydrogens (tertiary/aromatic N) is 2. The highest BCUT2D eigenvalue weighted by Crippen LogP contribution is 2.43. The average Bonchev–Trinajstić information content (AvgIpc) is 2.86. The van der Waals surface area contributed by atoms with Gasteiger partial charge in [-0.3, -0.25) is 9.59 Å². The second-order valence-corrected chi connectivity index (χ2v) is 11.5. The SMILES string of the molecule is COC(=O)CCOCC(COCCC(=O)O)(COP[N+](OCCC#N)(C(C)C)C(C)C)C(C)(C)OCCC(=O)[O-]. The molecular formula is C26H47N2O11P. The summed E-state index contributed by atoms with van der Waals surface area (Å²) in [6, 6.07) is 2.06. The van der Waals surface area contributed by atoms with Gasteiger partial charge in [-0.25, -0.2) is 0 Å². The molecule has 14 heteroatoms. The monoisotopic (exact) mass is 594 g/mol. The van der Waals surface area contributed by atoms with Crippen molar-refractivity contribution in [3.05, 3.63) is 0 Å². The van der Waals surface area contributed by atoms with Crippen LogP contribution >= 0.6 is 8.96 Å². The van der Waals surface area contributed by atoms with E-state index >= 15 is 0 Å². The van der Waals surface area contributed by atoms with Crippen LogP contribution in [0.25, 0.3) is 0 Å². The largest absolute Gasteiger partial charge is 0.550 e. The quantitative estimate of drug-likeness (QED) is 0.0746. The van der Waals surface area contributed by atoms with Gasteiger partial charge in [-0.2, -0.15) is 10.1 Å². The number of quaternary nitrogens is 1. The molecule has 0 aliphatic heterocycles. The number of hydroxylamine groups is 2. The number of nitriles is 1. The molecule has 40 heavy (non-hydrogen) atoms. The van der Waals surface area contributed by atoms with E-state index in [1.165, 1.54) is 7.11 Å². The van der Waals surface area contributed by atoms with E-state index in [2.05, 4.69) is 10.8 Å². The van der Waals surface area contributed by atoms with E-state index in [1.807, 2.05) is 27.7 Å². The standard InChI is InChI=1S/C26H47N2O11P/c1-20(2)28(21(3)4,38-13-8-12-27)40-39-19-26(17-35-14-9-22(29)30,18-36-15-11-24(33)34-7)25(5,6)37-16-10-23(31)32/h20-21,40H,8-11,13-19H2,1-7H3,(H-,29,30,31,32). The van der Waals surface area contributed by atoms with Crippen LogP contribution in [0.4, 0.5) is 0 Å². The Labute approximate surface area is 239 Å². The number of methoxy groups -OCH3 is 1. The van der Waals surface area contributed by atoms with Crippen LogP contribution in [-0.4, -0.2) is 98.5 Å². The fourth-order valence-electron chi connectivity index (χ4n) is 3.79. The zero-order valence-corrected chi connectivity index (χ0v) is 25.9. The van der Waals surface area contributed by atoms with Gasteiger partial charge in [0.1, 0.15) is 18.7 Å². The molecule has 0 aliphatic carbocycles. The minimum Gasteiger partial charge on any atom is -0.550 e. The van der Waals surface area contributed by atoms with E-state index < -0.39 is 28.9 Å². The van der Waals surface area contributed by atoms with Crippen LogP contribution in [0.2, 0.25) is 0 Å². The Bertz CT molecular complexity index is 809. The van der Waals surface area contributed by atoms with Gasteiger partial charge in [0.2, 0.25) is 0 Å². The zero-order chi connectivity index (χ0) is 30.8. The van der Waals surface area contributed by atoms with Gasteiger partial charge >= 0.3 is 11.9 Å². The lowest BCUT2D eigenvalue weighted by Crippen LogP contribution is -2.56. The van der Waals surface area contributed by atoms with Crippen molar-refractivity contribution in [1.29, 1.82) is 5.26 Å². The summed E-state index contributed by atoms with van der Waals surface area (Å²) in [6.07, 6.45) is -0.326. The molecule has 232 valence electrons. The summed E-state index contributed by atoms with van der Waals surface area (Å²) < 4.78 is 28.8. The topological polar surface area (TPSA) is 174 Å². The summed E-state index contributed by atoms with van der Waals surface area (Å²) in [5, 5.41) is 29.1. The Morgan fingerprint density at radius 1 is 0.950 bits per heavy atom. The fraction of sp³-hybridized carbons (Fsp3) is 0.846. The Morgan fingerprint density at radius 2 is 1.52 bits per heavy atom. The van der Waals surface area contributed by atoms with E-state index in [4.69, 9.17) is 33.9 Å². The van der Waals surface area contributed by atoms with Crippen molar-refractivity contribution >= 4 is 26.9 Å². The van der Waals surface area contributed by atoms with E-state index in [-0.39, 0.29) is 97.4 Å². The third-order valence-corrected chi connectivity index (χ3v) is 8.27. The maximum atomic E-state index is 11.6. The molecule has 0 heterocycles. The number of carboxylic acids is 2. The van der Waals surface area contributed by atoms with Crippen molar-refractivity contribution in [3.63, 3.8) is 0 Å². The van der Waals surface area contributed by atoms with Crippen molar-refractivity contribution in [3.8, 4) is 6.07 Å².